The van der Waals surface area contributed by atoms with Gasteiger partial charge in [-0.2, -0.15) is 0 Å². The molecular weight excluding hydrogens is 316 g/mol. The summed E-state index contributed by atoms with van der Waals surface area (Å²) in [5, 5.41) is 3.46. The standard InChI is InChI=1S/C20H18N2O3/c1-24-18-11-5-3-9-16(18)19-21-17-10-4-2-8-15(17)20(23)22(19)13-14-7-6-12-25-14/h2-12,19,21H,13H2,1H3/t19-/m1/s1. The van der Waals surface area contributed by atoms with Crippen molar-refractivity contribution in [1.82, 2.24) is 4.90 Å². The predicted molar refractivity (Wildman–Crippen MR) is 94.4 cm³/mol. The van der Waals surface area contributed by atoms with Gasteiger partial charge in [0.2, 0.25) is 0 Å². The smallest absolute Gasteiger partial charge is 0.258 e. The fourth-order valence-electron chi connectivity index (χ4n) is 3.16. The second kappa shape index (κ2) is 6.36. The molecule has 0 unspecified atom stereocenters. The van der Waals surface area contributed by atoms with Gasteiger partial charge in [-0.3, -0.25) is 4.79 Å². The normalized spacial score (nSPS) is 16.3. The Morgan fingerprint density at radius 2 is 1.88 bits per heavy atom. The van der Waals surface area contributed by atoms with E-state index in [9.17, 15) is 4.79 Å². The third-order valence-electron chi connectivity index (χ3n) is 4.36. The fourth-order valence-corrected chi connectivity index (χ4v) is 3.16. The third-order valence-corrected chi connectivity index (χ3v) is 4.36. The molecule has 1 aliphatic rings. The maximum Gasteiger partial charge on any atom is 0.258 e. The molecule has 1 N–H and O–H groups in total. The first-order valence-corrected chi connectivity index (χ1v) is 8.10. The topological polar surface area (TPSA) is 54.7 Å². The molecule has 5 heteroatoms. The van der Waals surface area contributed by atoms with Gasteiger partial charge in [0.1, 0.15) is 17.7 Å². The molecule has 0 fully saturated rings. The summed E-state index contributed by atoms with van der Waals surface area (Å²) in [7, 11) is 1.63. The molecule has 25 heavy (non-hydrogen) atoms. The fraction of sp³-hybridized carbons (Fsp3) is 0.150. The number of nitrogens with zero attached hydrogens (tertiary/aromatic N) is 1. The van der Waals surface area contributed by atoms with Crippen molar-refractivity contribution in [3.8, 4) is 5.75 Å². The number of furan rings is 1. The van der Waals surface area contributed by atoms with Crippen LogP contribution < -0.4 is 10.1 Å². The van der Waals surface area contributed by atoms with Gasteiger partial charge < -0.3 is 19.4 Å². The van der Waals surface area contributed by atoms with Crippen LogP contribution in [0.1, 0.15) is 27.8 Å². The largest absolute Gasteiger partial charge is 0.496 e. The van der Waals surface area contributed by atoms with Crippen molar-refractivity contribution < 1.29 is 13.9 Å². The zero-order chi connectivity index (χ0) is 17.2. The number of anilines is 1. The van der Waals surface area contributed by atoms with E-state index in [4.69, 9.17) is 9.15 Å². The molecule has 126 valence electrons. The highest BCUT2D eigenvalue weighted by Crippen LogP contribution is 2.37. The number of hydrogen-bond acceptors (Lipinski definition) is 4. The van der Waals surface area contributed by atoms with E-state index in [0.29, 0.717) is 12.1 Å². The summed E-state index contributed by atoms with van der Waals surface area (Å²) in [5.41, 5.74) is 2.37. The van der Waals surface area contributed by atoms with Crippen LogP contribution in [-0.2, 0) is 6.54 Å². The summed E-state index contributed by atoms with van der Waals surface area (Å²) in [4.78, 5) is 14.9. The van der Waals surface area contributed by atoms with Gasteiger partial charge >= 0.3 is 0 Å². The van der Waals surface area contributed by atoms with Crippen molar-refractivity contribution in [2.45, 2.75) is 12.7 Å². The summed E-state index contributed by atoms with van der Waals surface area (Å²) < 4.78 is 11.0. The van der Waals surface area contributed by atoms with Gasteiger partial charge in [-0.25, -0.2) is 0 Å². The lowest BCUT2D eigenvalue weighted by Crippen LogP contribution is -2.42. The predicted octanol–water partition coefficient (Wildman–Crippen LogP) is 4.05. The molecule has 3 aromatic rings. The van der Waals surface area contributed by atoms with Gasteiger partial charge in [-0.1, -0.05) is 30.3 Å². The van der Waals surface area contributed by atoms with E-state index in [0.717, 1.165) is 22.8 Å². The van der Waals surface area contributed by atoms with E-state index in [1.165, 1.54) is 0 Å². The Morgan fingerprint density at radius 3 is 2.68 bits per heavy atom. The molecule has 1 amide bonds. The van der Waals surface area contributed by atoms with Crippen LogP contribution in [0.25, 0.3) is 0 Å². The summed E-state index contributed by atoms with van der Waals surface area (Å²) in [6, 6.07) is 18.9. The van der Waals surface area contributed by atoms with Crippen LogP contribution in [0.2, 0.25) is 0 Å². The van der Waals surface area contributed by atoms with Crippen LogP contribution in [0.5, 0.6) is 5.75 Å². The highest BCUT2D eigenvalue weighted by molar-refractivity contribution is 6.01. The van der Waals surface area contributed by atoms with Gasteiger partial charge in [0.05, 0.1) is 25.5 Å². The average Bonchev–Trinajstić information content (AvgIpc) is 3.17. The molecule has 0 bridgehead atoms. The Hall–Kier alpha value is -3.21. The number of fused-ring (bicyclic) bond motifs is 1. The minimum atomic E-state index is -0.344. The number of hydrogen-bond donors (Lipinski definition) is 1. The first-order valence-electron chi connectivity index (χ1n) is 8.10. The van der Waals surface area contributed by atoms with E-state index in [1.807, 2.05) is 60.7 Å². The molecule has 0 spiro atoms. The van der Waals surface area contributed by atoms with E-state index in [2.05, 4.69) is 5.32 Å². The van der Waals surface area contributed by atoms with E-state index >= 15 is 0 Å². The van der Waals surface area contributed by atoms with Gasteiger partial charge in [0.15, 0.2) is 0 Å². The summed E-state index contributed by atoms with van der Waals surface area (Å²) >= 11 is 0. The highest BCUT2D eigenvalue weighted by Gasteiger charge is 2.34. The molecule has 0 saturated carbocycles. The SMILES string of the molecule is COc1ccccc1[C@@H]1Nc2ccccc2C(=O)N1Cc1ccco1. The third kappa shape index (κ3) is 2.74. The number of benzene rings is 2. The Morgan fingerprint density at radius 1 is 1.08 bits per heavy atom. The lowest BCUT2D eigenvalue weighted by atomic mass is 10.0. The Balaban J connectivity index is 1.80. The molecule has 5 nitrogen and oxygen atoms in total. The van der Waals surface area contributed by atoms with E-state index < -0.39 is 0 Å². The van der Waals surface area contributed by atoms with Crippen LogP contribution in [0, 0.1) is 0 Å². The number of ether oxygens (including phenoxy) is 1. The summed E-state index contributed by atoms with van der Waals surface area (Å²) in [6.45, 7) is 0.371. The van der Waals surface area contributed by atoms with Gasteiger partial charge in [-0.05, 0) is 30.3 Å². The van der Waals surface area contributed by atoms with Crippen LogP contribution in [-0.4, -0.2) is 17.9 Å². The first-order chi connectivity index (χ1) is 12.3. The van der Waals surface area contributed by atoms with Crippen molar-refractivity contribution in [1.29, 1.82) is 0 Å². The van der Waals surface area contributed by atoms with Gasteiger partial charge in [0.25, 0.3) is 5.91 Å². The Bertz CT molecular complexity index is 889. The van der Waals surface area contributed by atoms with Gasteiger partial charge in [0, 0.05) is 11.3 Å². The minimum Gasteiger partial charge on any atom is -0.496 e. The van der Waals surface area contributed by atoms with Crippen molar-refractivity contribution in [3.63, 3.8) is 0 Å². The van der Waals surface area contributed by atoms with E-state index in [1.54, 1.807) is 18.3 Å². The van der Waals surface area contributed by atoms with Crippen molar-refractivity contribution >= 4 is 11.6 Å². The maximum absolute atomic E-state index is 13.1. The number of para-hydroxylation sites is 2. The lowest BCUT2D eigenvalue weighted by molar-refractivity contribution is 0.0649. The Kier molecular flexibility index (Phi) is 3.90. The monoisotopic (exact) mass is 334 g/mol. The summed E-state index contributed by atoms with van der Waals surface area (Å²) in [6.07, 6.45) is 1.27. The second-order valence-electron chi connectivity index (χ2n) is 5.85. The minimum absolute atomic E-state index is 0.0401. The van der Waals surface area contributed by atoms with Crippen molar-refractivity contribution in [2.24, 2.45) is 0 Å². The van der Waals surface area contributed by atoms with Crippen molar-refractivity contribution in [2.75, 3.05) is 12.4 Å². The molecule has 2 heterocycles. The molecule has 0 aliphatic carbocycles. The number of carbonyl (C=O) groups is 1. The van der Waals surface area contributed by atoms with Crippen LogP contribution in [0.4, 0.5) is 5.69 Å². The molecule has 1 atom stereocenters. The number of amides is 1. The number of carbonyl (C=O) groups excluding carboxylic acids is 1. The van der Waals surface area contributed by atoms with Gasteiger partial charge in [-0.15, -0.1) is 0 Å². The maximum atomic E-state index is 13.1. The molecule has 0 saturated heterocycles. The zero-order valence-corrected chi connectivity index (χ0v) is 13.8. The first kappa shape index (κ1) is 15.3. The molecule has 2 aromatic carbocycles. The average molecular weight is 334 g/mol. The molecule has 1 aromatic heterocycles. The van der Waals surface area contributed by atoms with E-state index in [-0.39, 0.29) is 12.1 Å². The van der Waals surface area contributed by atoms with Crippen LogP contribution >= 0.6 is 0 Å². The number of methoxy groups -OCH3 is 1. The van der Waals surface area contributed by atoms with Crippen LogP contribution in [0.3, 0.4) is 0 Å². The molecule has 4 rings (SSSR count). The van der Waals surface area contributed by atoms with Crippen molar-refractivity contribution in [3.05, 3.63) is 83.8 Å². The lowest BCUT2D eigenvalue weighted by Gasteiger charge is -2.38. The second-order valence-corrected chi connectivity index (χ2v) is 5.85. The molecular formula is C20H18N2O3. The quantitative estimate of drug-likeness (QED) is 0.782. The zero-order valence-electron chi connectivity index (χ0n) is 13.8. The molecule has 0 radical (unpaired) electrons. The molecule has 1 aliphatic heterocycles. The van der Waals surface area contributed by atoms with Crippen LogP contribution in [0.15, 0.2) is 71.3 Å². The Labute approximate surface area is 145 Å². The summed E-state index contributed by atoms with van der Waals surface area (Å²) in [5.74, 6) is 1.42. The highest BCUT2D eigenvalue weighted by atomic mass is 16.5. The number of nitrogens with one attached hydrogen (secondary N) is 1. The number of rotatable bonds is 4.